The van der Waals surface area contributed by atoms with Gasteiger partial charge in [-0.2, -0.15) is 0 Å². The van der Waals surface area contributed by atoms with Crippen LogP contribution < -0.4 is 10.1 Å². The molecule has 212 valence electrons. The molecular weight excluding hydrogens is 496 g/mol. The first-order valence-corrected chi connectivity index (χ1v) is 14.0. The molecule has 0 heterocycles. The highest BCUT2D eigenvalue weighted by Gasteiger charge is 2.47. The van der Waals surface area contributed by atoms with E-state index in [0.29, 0.717) is 38.0 Å². The molecule has 2 aliphatic rings. The van der Waals surface area contributed by atoms with Crippen LogP contribution >= 0.6 is 0 Å². The van der Waals surface area contributed by atoms with E-state index in [0.717, 1.165) is 43.2 Å². The maximum Gasteiger partial charge on any atom is 0.415 e. The van der Waals surface area contributed by atoms with Crippen molar-refractivity contribution in [2.24, 2.45) is 5.92 Å². The molecule has 0 aromatic heterocycles. The lowest BCUT2D eigenvalue weighted by atomic mass is 9.59. The van der Waals surface area contributed by atoms with Gasteiger partial charge in [0.15, 0.2) is 0 Å². The van der Waals surface area contributed by atoms with E-state index in [1.807, 2.05) is 42.5 Å². The minimum Gasteiger partial charge on any atom is -0.445 e. The van der Waals surface area contributed by atoms with Crippen LogP contribution in [0, 0.1) is 5.92 Å². The van der Waals surface area contributed by atoms with E-state index in [1.54, 1.807) is 19.1 Å². The molecule has 0 spiro atoms. The molecule has 8 nitrogen and oxygen atoms in total. The molecule has 0 unspecified atom stereocenters. The molecule has 2 amide bonds. The van der Waals surface area contributed by atoms with Crippen LogP contribution in [0.5, 0.6) is 5.75 Å². The molecule has 1 fully saturated rings. The Labute approximate surface area is 231 Å². The van der Waals surface area contributed by atoms with Crippen molar-refractivity contribution >= 4 is 12.2 Å². The summed E-state index contributed by atoms with van der Waals surface area (Å²) in [4.78, 5) is 27.6. The second-order valence-corrected chi connectivity index (χ2v) is 10.8. The highest BCUT2D eigenvalue weighted by Crippen LogP contribution is 2.47. The van der Waals surface area contributed by atoms with Crippen molar-refractivity contribution in [3.63, 3.8) is 0 Å². The van der Waals surface area contributed by atoms with Gasteiger partial charge in [0.05, 0.1) is 13.2 Å². The fourth-order valence-electron chi connectivity index (χ4n) is 6.08. The summed E-state index contributed by atoms with van der Waals surface area (Å²) in [5, 5.41) is 3.26. The van der Waals surface area contributed by atoms with Crippen LogP contribution in [0.4, 0.5) is 9.59 Å². The van der Waals surface area contributed by atoms with Crippen LogP contribution in [0.3, 0.4) is 0 Å². The van der Waals surface area contributed by atoms with E-state index in [4.69, 9.17) is 18.9 Å². The number of nitrogens with zero attached hydrogens (tertiary/aromatic N) is 1. The summed E-state index contributed by atoms with van der Waals surface area (Å²) in [5.41, 5.74) is 3.05. The minimum absolute atomic E-state index is 0.0700. The van der Waals surface area contributed by atoms with Crippen molar-refractivity contribution in [2.45, 2.75) is 63.5 Å². The molecule has 2 bridgehead atoms. The van der Waals surface area contributed by atoms with Crippen LogP contribution in [0.1, 0.15) is 55.7 Å². The lowest BCUT2D eigenvalue weighted by Crippen LogP contribution is -2.57. The van der Waals surface area contributed by atoms with E-state index in [2.05, 4.69) is 18.3 Å². The molecule has 39 heavy (non-hydrogen) atoms. The number of hydrogen-bond donors (Lipinski definition) is 1. The number of hydrogen-bond acceptors (Lipinski definition) is 6. The van der Waals surface area contributed by atoms with E-state index < -0.39 is 12.2 Å². The summed E-state index contributed by atoms with van der Waals surface area (Å²) < 4.78 is 21.8. The predicted octanol–water partition coefficient (Wildman–Crippen LogP) is 5.47. The average molecular weight is 539 g/mol. The quantitative estimate of drug-likeness (QED) is 0.432. The molecule has 1 N–H and O–H groups in total. The molecule has 2 aromatic rings. The SMILES string of the molecule is COCCN(CCOC)C(=O)Oc1ccc2c(c1)[C@@]1(C)CCCCC[C@@H](C2)[C@@H]1NC(=O)OCc1ccccc1. The molecule has 0 aliphatic heterocycles. The minimum atomic E-state index is -0.431. The predicted molar refractivity (Wildman–Crippen MR) is 149 cm³/mol. The molecule has 3 atom stereocenters. The first-order valence-electron chi connectivity index (χ1n) is 14.0. The topological polar surface area (TPSA) is 86.3 Å². The van der Waals surface area contributed by atoms with Crippen molar-refractivity contribution in [3.05, 3.63) is 65.2 Å². The molecule has 0 radical (unpaired) electrons. The number of amides is 2. The van der Waals surface area contributed by atoms with E-state index in [1.165, 1.54) is 12.0 Å². The van der Waals surface area contributed by atoms with Gasteiger partial charge in [-0.15, -0.1) is 0 Å². The van der Waals surface area contributed by atoms with E-state index >= 15 is 0 Å². The van der Waals surface area contributed by atoms with Crippen molar-refractivity contribution < 1.29 is 28.5 Å². The highest BCUT2D eigenvalue weighted by atomic mass is 16.6. The maximum absolute atomic E-state index is 13.0. The summed E-state index contributed by atoms with van der Waals surface area (Å²) in [6, 6.07) is 15.6. The standard InChI is InChI=1S/C31H42N2O6/c1-31-15-9-5-8-12-25(28(31)32-29(34)38-22-23-10-6-4-7-11-23)20-24-13-14-26(21-27(24)31)39-30(35)33(16-18-36-2)17-19-37-3/h4,6-7,10-11,13-14,21,25,28H,5,8-9,12,15-20,22H2,1-3H3,(H,32,34)/t25-,28-,31+/m0/s1. The Balaban J connectivity index is 1.53. The van der Waals surface area contributed by atoms with Gasteiger partial charge in [0.1, 0.15) is 12.4 Å². The van der Waals surface area contributed by atoms with Crippen LogP contribution in [0.2, 0.25) is 0 Å². The van der Waals surface area contributed by atoms with Gasteiger partial charge in [0, 0.05) is 38.8 Å². The number of carbonyl (C=O) groups excluding carboxylic acids is 2. The normalized spacial score (nSPS) is 22.1. The van der Waals surface area contributed by atoms with E-state index in [-0.39, 0.29) is 18.1 Å². The van der Waals surface area contributed by atoms with Gasteiger partial charge in [-0.25, -0.2) is 9.59 Å². The first kappa shape index (κ1) is 28.9. The van der Waals surface area contributed by atoms with Gasteiger partial charge in [-0.05, 0) is 54.0 Å². The van der Waals surface area contributed by atoms with Gasteiger partial charge in [-0.1, -0.05) is 62.6 Å². The lowest BCUT2D eigenvalue weighted by molar-refractivity contribution is 0.101. The third-order valence-electron chi connectivity index (χ3n) is 8.19. The third-order valence-corrected chi connectivity index (χ3v) is 8.19. The third kappa shape index (κ3) is 7.31. The summed E-state index contributed by atoms with van der Waals surface area (Å²) in [5.74, 6) is 0.824. The number of alkyl carbamates (subject to hydrolysis) is 1. The molecular formula is C31H42N2O6. The fraction of sp³-hybridized carbons (Fsp3) is 0.548. The molecule has 0 saturated heterocycles. The monoisotopic (exact) mass is 538 g/mol. The Kier molecular flexibility index (Phi) is 10.2. The smallest absolute Gasteiger partial charge is 0.415 e. The number of fused-ring (bicyclic) bond motifs is 4. The maximum atomic E-state index is 13.0. The average Bonchev–Trinajstić information content (AvgIpc) is 2.94. The zero-order chi connectivity index (χ0) is 27.7. The Morgan fingerprint density at radius 2 is 1.74 bits per heavy atom. The zero-order valence-electron chi connectivity index (χ0n) is 23.4. The number of rotatable bonds is 10. The number of methoxy groups -OCH3 is 2. The van der Waals surface area contributed by atoms with Crippen LogP contribution in [-0.2, 0) is 32.7 Å². The number of carbonyl (C=O) groups is 2. The Morgan fingerprint density at radius 1 is 1.00 bits per heavy atom. The van der Waals surface area contributed by atoms with Gasteiger partial charge >= 0.3 is 12.2 Å². The van der Waals surface area contributed by atoms with Crippen molar-refractivity contribution in [3.8, 4) is 5.75 Å². The van der Waals surface area contributed by atoms with Crippen LogP contribution in [-0.4, -0.2) is 63.7 Å². The summed E-state index contributed by atoms with van der Waals surface area (Å²) in [6.45, 7) is 4.13. The molecule has 4 rings (SSSR count). The van der Waals surface area contributed by atoms with Crippen molar-refractivity contribution in [2.75, 3.05) is 40.5 Å². The Morgan fingerprint density at radius 3 is 2.46 bits per heavy atom. The van der Waals surface area contributed by atoms with Gasteiger partial charge in [0.2, 0.25) is 0 Å². The van der Waals surface area contributed by atoms with Crippen LogP contribution in [0.25, 0.3) is 0 Å². The molecule has 1 saturated carbocycles. The van der Waals surface area contributed by atoms with Crippen molar-refractivity contribution in [1.82, 2.24) is 10.2 Å². The fourth-order valence-corrected chi connectivity index (χ4v) is 6.08. The number of nitrogens with one attached hydrogen (secondary N) is 1. The summed E-state index contributed by atoms with van der Waals surface area (Å²) in [7, 11) is 3.21. The van der Waals surface area contributed by atoms with Crippen molar-refractivity contribution in [1.29, 1.82) is 0 Å². The largest absolute Gasteiger partial charge is 0.445 e. The second-order valence-electron chi connectivity index (χ2n) is 10.8. The highest BCUT2D eigenvalue weighted by molar-refractivity contribution is 5.71. The number of ether oxygens (including phenoxy) is 4. The summed E-state index contributed by atoms with van der Waals surface area (Å²) in [6.07, 6.45) is 5.45. The van der Waals surface area contributed by atoms with Gasteiger partial charge in [0.25, 0.3) is 0 Å². The lowest BCUT2D eigenvalue weighted by Gasteiger charge is -2.49. The first-order chi connectivity index (χ1) is 18.9. The second kappa shape index (κ2) is 13.8. The van der Waals surface area contributed by atoms with E-state index in [9.17, 15) is 9.59 Å². The number of benzene rings is 2. The molecule has 2 aliphatic carbocycles. The van der Waals surface area contributed by atoms with Gasteiger partial charge < -0.3 is 29.2 Å². The molecule has 2 aromatic carbocycles. The van der Waals surface area contributed by atoms with Crippen LogP contribution in [0.15, 0.2) is 48.5 Å². The van der Waals surface area contributed by atoms with Gasteiger partial charge in [-0.3, -0.25) is 0 Å². The zero-order valence-corrected chi connectivity index (χ0v) is 23.4. The summed E-state index contributed by atoms with van der Waals surface area (Å²) >= 11 is 0. The Bertz CT molecular complexity index is 1090. The molecule has 8 heteroatoms. The Hall–Kier alpha value is -3.10.